The molecule has 0 aliphatic carbocycles. The standard InChI is InChI=1S/C24H26ClF3N2O6/c1-13(2)34-17-5-6-18(19(25)11-17)21(31)30-12-16-9-15(7-8-29-16)10-20(35-14(3)4)22(32)36-23(33)24(26,27)28/h5-9,11,13-14,20H,10,12H2,1-4H3,(H,30,31). The number of carbonyl (C=O) groups is 3. The summed E-state index contributed by atoms with van der Waals surface area (Å²) in [6, 6.07) is 7.74. The van der Waals surface area contributed by atoms with Crippen LogP contribution in [-0.2, 0) is 32.0 Å². The second-order valence-corrected chi connectivity index (χ2v) is 8.64. The Morgan fingerprint density at radius 3 is 2.33 bits per heavy atom. The molecule has 1 atom stereocenters. The molecule has 0 spiro atoms. The van der Waals surface area contributed by atoms with Gasteiger partial charge in [0.05, 0.1) is 35.0 Å². The van der Waals surface area contributed by atoms with Crippen molar-refractivity contribution in [2.24, 2.45) is 0 Å². The van der Waals surface area contributed by atoms with Crippen LogP contribution in [0.5, 0.6) is 5.75 Å². The fourth-order valence-corrected chi connectivity index (χ4v) is 3.24. The number of amides is 1. The summed E-state index contributed by atoms with van der Waals surface area (Å²) in [7, 11) is 0. The fourth-order valence-electron chi connectivity index (χ4n) is 2.99. The molecule has 0 radical (unpaired) electrons. The molecule has 0 saturated carbocycles. The third-order valence-electron chi connectivity index (χ3n) is 4.41. The van der Waals surface area contributed by atoms with E-state index in [1.54, 1.807) is 19.9 Å². The average Bonchev–Trinajstić information content (AvgIpc) is 2.76. The van der Waals surface area contributed by atoms with Gasteiger partial charge in [0.1, 0.15) is 5.75 Å². The number of hydrogen-bond acceptors (Lipinski definition) is 7. The Hall–Kier alpha value is -3.18. The van der Waals surface area contributed by atoms with Crippen LogP contribution < -0.4 is 10.1 Å². The first kappa shape index (κ1) is 29.1. The van der Waals surface area contributed by atoms with E-state index in [0.29, 0.717) is 17.0 Å². The van der Waals surface area contributed by atoms with Crippen LogP contribution in [-0.4, -0.2) is 47.3 Å². The van der Waals surface area contributed by atoms with E-state index in [4.69, 9.17) is 21.1 Å². The van der Waals surface area contributed by atoms with Gasteiger partial charge in [-0.1, -0.05) is 11.6 Å². The van der Waals surface area contributed by atoms with Gasteiger partial charge in [-0.3, -0.25) is 9.78 Å². The van der Waals surface area contributed by atoms with Crippen molar-refractivity contribution in [3.63, 3.8) is 0 Å². The Balaban J connectivity index is 2.07. The molecule has 1 aromatic carbocycles. The largest absolute Gasteiger partial charge is 0.491 e. The molecule has 1 heterocycles. The summed E-state index contributed by atoms with van der Waals surface area (Å²) in [5, 5.41) is 2.88. The first-order valence-electron chi connectivity index (χ1n) is 10.9. The molecule has 0 bridgehead atoms. The number of esters is 2. The minimum Gasteiger partial charge on any atom is -0.491 e. The van der Waals surface area contributed by atoms with E-state index in [-0.39, 0.29) is 29.7 Å². The number of rotatable bonds is 10. The summed E-state index contributed by atoms with van der Waals surface area (Å²) >= 11 is 6.20. The third-order valence-corrected chi connectivity index (χ3v) is 4.73. The molecule has 2 rings (SSSR count). The van der Waals surface area contributed by atoms with E-state index in [2.05, 4.69) is 15.0 Å². The molecule has 1 amide bonds. The number of ether oxygens (including phenoxy) is 3. The molecule has 1 N–H and O–H groups in total. The second-order valence-electron chi connectivity index (χ2n) is 8.23. The number of hydrogen-bond donors (Lipinski definition) is 1. The predicted octanol–water partition coefficient (Wildman–Crippen LogP) is 4.42. The Kier molecular flexibility index (Phi) is 10.2. The van der Waals surface area contributed by atoms with Gasteiger partial charge in [0.25, 0.3) is 5.91 Å². The number of aromatic nitrogens is 1. The maximum atomic E-state index is 12.6. The lowest BCUT2D eigenvalue weighted by molar-refractivity contribution is -0.205. The molecule has 12 heteroatoms. The number of carbonyl (C=O) groups excluding carboxylic acids is 3. The van der Waals surface area contributed by atoms with Crippen LogP contribution in [0.3, 0.4) is 0 Å². The first-order valence-corrected chi connectivity index (χ1v) is 11.3. The summed E-state index contributed by atoms with van der Waals surface area (Å²) in [5.41, 5.74) is 1.09. The Labute approximate surface area is 211 Å². The highest BCUT2D eigenvalue weighted by Crippen LogP contribution is 2.23. The minimum absolute atomic E-state index is 0.0000415. The van der Waals surface area contributed by atoms with Crippen molar-refractivity contribution < 1.29 is 41.8 Å². The van der Waals surface area contributed by atoms with Gasteiger partial charge < -0.3 is 19.5 Å². The minimum atomic E-state index is -5.31. The Morgan fingerprint density at radius 1 is 1.06 bits per heavy atom. The van der Waals surface area contributed by atoms with Crippen LogP contribution in [0.4, 0.5) is 13.2 Å². The molecule has 0 fully saturated rings. The zero-order valence-electron chi connectivity index (χ0n) is 20.0. The lowest BCUT2D eigenvalue weighted by atomic mass is 10.1. The van der Waals surface area contributed by atoms with Crippen molar-refractivity contribution in [1.29, 1.82) is 0 Å². The van der Waals surface area contributed by atoms with E-state index in [0.717, 1.165) is 0 Å². The van der Waals surface area contributed by atoms with Crippen LogP contribution >= 0.6 is 11.6 Å². The normalized spacial score (nSPS) is 12.4. The average molecular weight is 531 g/mol. The fraction of sp³-hybridized carbons (Fsp3) is 0.417. The van der Waals surface area contributed by atoms with E-state index >= 15 is 0 Å². The molecule has 1 unspecified atom stereocenters. The zero-order valence-corrected chi connectivity index (χ0v) is 20.8. The molecule has 36 heavy (non-hydrogen) atoms. The highest BCUT2D eigenvalue weighted by molar-refractivity contribution is 6.34. The van der Waals surface area contributed by atoms with Gasteiger partial charge in [0.2, 0.25) is 0 Å². The van der Waals surface area contributed by atoms with Crippen molar-refractivity contribution in [3.8, 4) is 5.75 Å². The lowest BCUT2D eigenvalue weighted by Crippen LogP contribution is -2.36. The molecule has 2 aromatic rings. The second kappa shape index (κ2) is 12.7. The van der Waals surface area contributed by atoms with E-state index < -0.39 is 36.2 Å². The van der Waals surface area contributed by atoms with Gasteiger partial charge in [-0.05, 0) is 63.6 Å². The molecular formula is C24H26ClF3N2O6. The van der Waals surface area contributed by atoms with Crippen molar-refractivity contribution in [2.45, 2.75) is 65.1 Å². The molecule has 8 nitrogen and oxygen atoms in total. The monoisotopic (exact) mass is 530 g/mol. The SMILES string of the molecule is CC(C)Oc1ccc(C(=O)NCc2cc(CC(OC(C)C)C(=O)OC(=O)C(F)(F)F)ccn2)c(Cl)c1. The number of nitrogens with one attached hydrogen (secondary N) is 1. The van der Waals surface area contributed by atoms with Crippen molar-refractivity contribution >= 4 is 29.4 Å². The summed E-state index contributed by atoms with van der Waals surface area (Å²) in [6.45, 7) is 6.87. The van der Waals surface area contributed by atoms with Crippen LogP contribution in [0.25, 0.3) is 0 Å². The van der Waals surface area contributed by atoms with Crippen molar-refractivity contribution in [3.05, 3.63) is 58.4 Å². The van der Waals surface area contributed by atoms with Crippen LogP contribution in [0.1, 0.15) is 49.3 Å². The van der Waals surface area contributed by atoms with Crippen LogP contribution in [0.15, 0.2) is 36.5 Å². The molecule has 0 aliphatic heterocycles. The number of benzene rings is 1. The Bertz CT molecular complexity index is 1090. The third kappa shape index (κ3) is 9.12. The van der Waals surface area contributed by atoms with E-state index in [9.17, 15) is 27.6 Å². The predicted molar refractivity (Wildman–Crippen MR) is 123 cm³/mol. The number of nitrogens with zero attached hydrogens (tertiary/aromatic N) is 1. The number of alkyl halides is 3. The van der Waals surface area contributed by atoms with Crippen molar-refractivity contribution in [2.75, 3.05) is 0 Å². The Morgan fingerprint density at radius 2 is 1.75 bits per heavy atom. The zero-order chi connectivity index (χ0) is 27.0. The molecule has 0 aliphatic rings. The molecule has 196 valence electrons. The van der Waals surface area contributed by atoms with Crippen LogP contribution in [0.2, 0.25) is 5.02 Å². The van der Waals surface area contributed by atoms with Crippen molar-refractivity contribution in [1.82, 2.24) is 10.3 Å². The van der Waals surface area contributed by atoms with Gasteiger partial charge in [-0.15, -0.1) is 0 Å². The number of pyridine rings is 1. The topological polar surface area (TPSA) is 104 Å². The maximum Gasteiger partial charge on any atom is 0.491 e. The molecule has 1 aromatic heterocycles. The first-order chi connectivity index (χ1) is 16.8. The van der Waals surface area contributed by atoms with Gasteiger partial charge in [0, 0.05) is 12.6 Å². The van der Waals surface area contributed by atoms with Crippen LogP contribution in [0, 0.1) is 0 Å². The summed E-state index contributed by atoms with van der Waals surface area (Å²) in [4.78, 5) is 39.9. The van der Waals surface area contributed by atoms with E-state index in [1.807, 2.05) is 13.8 Å². The maximum absolute atomic E-state index is 12.6. The molecule has 0 saturated heterocycles. The highest BCUT2D eigenvalue weighted by atomic mass is 35.5. The lowest BCUT2D eigenvalue weighted by Gasteiger charge is -2.19. The quantitative estimate of drug-likeness (QED) is 0.358. The summed E-state index contributed by atoms with van der Waals surface area (Å²) in [5.74, 6) is -4.02. The number of halogens is 4. The van der Waals surface area contributed by atoms with Gasteiger partial charge in [-0.2, -0.15) is 13.2 Å². The van der Waals surface area contributed by atoms with Gasteiger partial charge in [0.15, 0.2) is 6.10 Å². The summed E-state index contributed by atoms with van der Waals surface area (Å²) < 4.78 is 52.2. The molecular weight excluding hydrogens is 505 g/mol. The smallest absolute Gasteiger partial charge is 0.491 e. The van der Waals surface area contributed by atoms with Gasteiger partial charge >= 0.3 is 18.1 Å². The van der Waals surface area contributed by atoms with Gasteiger partial charge in [-0.25, -0.2) is 9.59 Å². The summed E-state index contributed by atoms with van der Waals surface area (Å²) in [6.07, 6.45) is -6.16. The highest BCUT2D eigenvalue weighted by Gasteiger charge is 2.43. The van der Waals surface area contributed by atoms with E-state index in [1.165, 1.54) is 30.5 Å².